The van der Waals surface area contributed by atoms with E-state index < -0.39 is 47.9 Å². The number of fused-ring (bicyclic) bond motifs is 1. The van der Waals surface area contributed by atoms with Gasteiger partial charge in [-0.1, -0.05) is 24.3 Å². The Morgan fingerprint density at radius 1 is 0.688 bits per heavy atom. The largest absolute Gasteiger partial charge is 0.416 e. The molecule has 0 amide bonds. The average molecular weight is 462 g/mol. The molecule has 2 aliphatic rings. The minimum atomic E-state index is -4.43. The van der Waals surface area contributed by atoms with Gasteiger partial charge in [0.1, 0.15) is 24.4 Å². The Balaban J connectivity index is 1.30. The van der Waals surface area contributed by atoms with Gasteiger partial charge in [0.25, 0.3) is 0 Å². The van der Waals surface area contributed by atoms with Crippen molar-refractivity contribution in [3.8, 4) is 0 Å². The Kier molecular flexibility index (Phi) is 6.49. The Bertz CT molecular complexity index is 854. The molecule has 2 heterocycles. The predicted octanol–water partition coefficient (Wildman–Crippen LogP) is 4.99. The smallest absolute Gasteiger partial charge is 0.370 e. The summed E-state index contributed by atoms with van der Waals surface area (Å²) in [7, 11) is 0. The molecule has 2 saturated heterocycles. The molecule has 0 saturated carbocycles. The maximum absolute atomic E-state index is 12.9. The molecule has 0 spiro atoms. The van der Waals surface area contributed by atoms with Crippen LogP contribution in [0.15, 0.2) is 48.5 Å². The molecule has 2 aromatic carbocycles. The molecule has 4 nitrogen and oxygen atoms in total. The summed E-state index contributed by atoms with van der Waals surface area (Å²) < 4.78 is 100.0. The topological polar surface area (TPSA) is 36.9 Å². The van der Waals surface area contributed by atoms with Gasteiger partial charge in [-0.2, -0.15) is 26.3 Å². The third-order valence-corrected chi connectivity index (χ3v) is 5.40. The first kappa shape index (κ1) is 23.0. The first-order valence-electron chi connectivity index (χ1n) is 9.90. The Labute approximate surface area is 180 Å². The molecule has 10 heteroatoms. The lowest BCUT2D eigenvalue weighted by Gasteiger charge is -2.18. The normalized spacial score (nSPS) is 25.8. The number of benzene rings is 2. The zero-order valence-corrected chi connectivity index (χ0v) is 16.7. The highest BCUT2D eigenvalue weighted by Crippen LogP contribution is 2.33. The van der Waals surface area contributed by atoms with Crippen molar-refractivity contribution in [3.05, 3.63) is 70.8 Å². The van der Waals surface area contributed by atoms with Gasteiger partial charge in [0.2, 0.25) is 0 Å². The fourth-order valence-corrected chi connectivity index (χ4v) is 3.80. The summed E-state index contributed by atoms with van der Waals surface area (Å²) in [5.41, 5.74) is -0.754. The van der Waals surface area contributed by atoms with Gasteiger partial charge >= 0.3 is 12.4 Å². The average Bonchev–Trinajstić information content (AvgIpc) is 3.32. The van der Waals surface area contributed by atoms with E-state index in [1.54, 1.807) is 12.1 Å². The van der Waals surface area contributed by atoms with Crippen LogP contribution in [0, 0.1) is 0 Å². The predicted molar refractivity (Wildman–Crippen MR) is 99.5 cm³/mol. The molecule has 2 aromatic rings. The van der Waals surface area contributed by atoms with Crippen LogP contribution in [-0.4, -0.2) is 37.6 Å². The fraction of sp³-hybridized carbons (Fsp3) is 0.455. The lowest BCUT2D eigenvalue weighted by atomic mass is 10.1. The Morgan fingerprint density at radius 2 is 1.09 bits per heavy atom. The minimum Gasteiger partial charge on any atom is -0.370 e. The van der Waals surface area contributed by atoms with E-state index in [4.69, 9.17) is 18.9 Å². The lowest BCUT2D eigenvalue weighted by molar-refractivity contribution is -0.138. The van der Waals surface area contributed by atoms with Crippen LogP contribution < -0.4 is 0 Å². The van der Waals surface area contributed by atoms with Crippen molar-refractivity contribution in [2.45, 2.75) is 50.0 Å². The molecule has 0 radical (unpaired) electrons. The van der Waals surface area contributed by atoms with Gasteiger partial charge in [-0.15, -0.1) is 0 Å². The van der Waals surface area contributed by atoms with E-state index in [1.165, 1.54) is 12.1 Å². The number of hydrogen-bond acceptors (Lipinski definition) is 4. The van der Waals surface area contributed by atoms with Crippen LogP contribution in [0.1, 0.15) is 22.3 Å². The highest BCUT2D eigenvalue weighted by atomic mass is 19.4. The van der Waals surface area contributed by atoms with E-state index in [0.29, 0.717) is 11.1 Å². The standard InChI is InChI=1S/C22H20F6O4/c23-21(24,25)15-5-1-3-13(7-15)9-29-17-11-31-20-18(12-32-19(17)20)30-10-14-4-2-6-16(8-14)22(26,27)28/h1-8,17-20H,9-12H2/t17-,18+,19-,20-/m1/s1. The van der Waals surface area contributed by atoms with E-state index in [0.717, 1.165) is 24.3 Å². The van der Waals surface area contributed by atoms with Crippen LogP contribution in [0.2, 0.25) is 0 Å². The number of alkyl halides is 6. The number of hydrogen-bond donors (Lipinski definition) is 0. The summed E-state index contributed by atoms with van der Waals surface area (Å²) in [6.45, 7) is 0.274. The van der Waals surface area contributed by atoms with Gasteiger partial charge in [0.15, 0.2) is 0 Å². The van der Waals surface area contributed by atoms with E-state index in [-0.39, 0.29) is 26.4 Å². The quantitative estimate of drug-likeness (QED) is 0.567. The maximum Gasteiger partial charge on any atom is 0.416 e. The molecule has 32 heavy (non-hydrogen) atoms. The lowest BCUT2D eigenvalue weighted by Crippen LogP contribution is -2.34. The van der Waals surface area contributed by atoms with Crippen molar-refractivity contribution in [1.82, 2.24) is 0 Å². The van der Waals surface area contributed by atoms with Crippen LogP contribution >= 0.6 is 0 Å². The summed E-state index contributed by atoms with van der Waals surface area (Å²) in [4.78, 5) is 0. The third-order valence-electron chi connectivity index (χ3n) is 5.40. The molecule has 4 rings (SSSR count). The molecule has 0 aliphatic carbocycles. The molecule has 0 aromatic heterocycles. The Morgan fingerprint density at radius 3 is 1.47 bits per heavy atom. The van der Waals surface area contributed by atoms with E-state index >= 15 is 0 Å². The van der Waals surface area contributed by atoms with Gasteiger partial charge in [0.05, 0.1) is 37.6 Å². The minimum absolute atomic E-state index is 0.0414. The van der Waals surface area contributed by atoms with Gasteiger partial charge in [-0.05, 0) is 35.4 Å². The second-order valence-corrected chi connectivity index (χ2v) is 7.69. The second-order valence-electron chi connectivity index (χ2n) is 7.69. The van der Waals surface area contributed by atoms with Gasteiger partial charge < -0.3 is 18.9 Å². The van der Waals surface area contributed by atoms with E-state index in [9.17, 15) is 26.3 Å². The molecule has 4 atom stereocenters. The summed E-state index contributed by atoms with van der Waals surface area (Å²) >= 11 is 0. The van der Waals surface area contributed by atoms with Crippen molar-refractivity contribution in [2.24, 2.45) is 0 Å². The first-order valence-corrected chi connectivity index (χ1v) is 9.90. The highest BCUT2D eigenvalue weighted by molar-refractivity contribution is 5.26. The van der Waals surface area contributed by atoms with Crippen LogP contribution in [-0.2, 0) is 44.5 Å². The van der Waals surface area contributed by atoms with Crippen molar-refractivity contribution in [2.75, 3.05) is 13.2 Å². The van der Waals surface area contributed by atoms with Crippen molar-refractivity contribution >= 4 is 0 Å². The zero-order chi connectivity index (χ0) is 22.9. The molecule has 2 aliphatic heterocycles. The van der Waals surface area contributed by atoms with Crippen molar-refractivity contribution < 1.29 is 45.3 Å². The SMILES string of the molecule is FC(F)(F)c1cccc(CO[C@H]2CO[C@H]3[C@@H]2OC[C@H]3OCc2cccc(C(F)(F)F)c2)c1. The highest BCUT2D eigenvalue weighted by Gasteiger charge is 2.49. The van der Waals surface area contributed by atoms with E-state index in [1.807, 2.05) is 0 Å². The molecule has 0 unspecified atom stereocenters. The number of rotatable bonds is 6. The summed E-state index contributed by atoms with van der Waals surface area (Å²) in [6, 6.07) is 9.76. The molecule has 2 fully saturated rings. The molecule has 174 valence electrons. The van der Waals surface area contributed by atoms with E-state index in [2.05, 4.69) is 0 Å². The molecule has 0 bridgehead atoms. The van der Waals surface area contributed by atoms with Crippen LogP contribution in [0.25, 0.3) is 0 Å². The summed E-state index contributed by atoms with van der Waals surface area (Å²) in [6.07, 6.45) is -10.8. The zero-order valence-electron chi connectivity index (χ0n) is 16.7. The number of ether oxygens (including phenoxy) is 4. The molecule has 0 N–H and O–H groups in total. The maximum atomic E-state index is 12.9. The van der Waals surface area contributed by atoms with Gasteiger partial charge in [-0.25, -0.2) is 0 Å². The Hall–Kier alpha value is -2.14. The number of halogens is 6. The first-order chi connectivity index (χ1) is 15.1. The van der Waals surface area contributed by atoms with Gasteiger partial charge in [-0.3, -0.25) is 0 Å². The van der Waals surface area contributed by atoms with Crippen molar-refractivity contribution in [1.29, 1.82) is 0 Å². The fourth-order valence-electron chi connectivity index (χ4n) is 3.80. The molecular weight excluding hydrogens is 442 g/mol. The van der Waals surface area contributed by atoms with Crippen molar-refractivity contribution in [3.63, 3.8) is 0 Å². The summed E-state index contributed by atoms with van der Waals surface area (Å²) in [5, 5.41) is 0. The van der Waals surface area contributed by atoms with Crippen LogP contribution in [0.3, 0.4) is 0 Å². The molecular formula is C22H20F6O4. The monoisotopic (exact) mass is 462 g/mol. The third kappa shape index (κ3) is 5.25. The van der Waals surface area contributed by atoms with Crippen LogP contribution in [0.4, 0.5) is 26.3 Å². The second kappa shape index (κ2) is 9.01. The van der Waals surface area contributed by atoms with Crippen LogP contribution in [0.5, 0.6) is 0 Å². The van der Waals surface area contributed by atoms with Gasteiger partial charge in [0, 0.05) is 0 Å². The summed E-state index contributed by atoms with van der Waals surface area (Å²) in [5.74, 6) is 0.